The molecule has 2 aromatic carbocycles. The fourth-order valence-corrected chi connectivity index (χ4v) is 3.78. The molecule has 0 unspecified atom stereocenters. The van der Waals surface area contributed by atoms with Crippen LogP contribution in [-0.4, -0.2) is 47.7 Å². The van der Waals surface area contributed by atoms with Crippen molar-refractivity contribution in [1.29, 1.82) is 0 Å². The zero-order valence-electron chi connectivity index (χ0n) is 20.0. The number of unbranched alkanes of at least 4 members (excludes halogenated alkanes) is 2. The van der Waals surface area contributed by atoms with Crippen LogP contribution in [0.25, 0.3) is 22.4 Å². The zero-order valence-corrected chi connectivity index (χ0v) is 20.0. The third-order valence-corrected chi connectivity index (χ3v) is 5.63. The minimum absolute atomic E-state index is 0.0670. The molecule has 1 aromatic heterocycles. The molecule has 0 fully saturated rings. The normalized spacial score (nSPS) is 10.5. The Morgan fingerprint density at radius 3 is 2.06 bits per heavy atom. The van der Waals surface area contributed by atoms with E-state index in [1.165, 1.54) is 14.2 Å². The lowest BCUT2D eigenvalue weighted by atomic mass is 10.0. The first-order chi connectivity index (χ1) is 17.4. The first kappa shape index (κ1) is 26.2. The van der Waals surface area contributed by atoms with Gasteiger partial charge in [0.15, 0.2) is 0 Å². The van der Waals surface area contributed by atoms with Gasteiger partial charge in [-0.1, -0.05) is 18.6 Å². The molecule has 0 saturated carbocycles. The van der Waals surface area contributed by atoms with Gasteiger partial charge < -0.3 is 19.8 Å². The topological polar surface area (TPSA) is 156 Å². The van der Waals surface area contributed by atoms with Crippen LogP contribution >= 0.6 is 0 Å². The van der Waals surface area contributed by atoms with Gasteiger partial charge in [0, 0.05) is 18.5 Å². The summed E-state index contributed by atoms with van der Waals surface area (Å²) in [5.41, 5.74) is 2.81. The van der Waals surface area contributed by atoms with Crippen molar-refractivity contribution in [3.63, 3.8) is 0 Å². The molecule has 3 aromatic rings. The van der Waals surface area contributed by atoms with E-state index in [2.05, 4.69) is 10.3 Å². The van der Waals surface area contributed by atoms with E-state index in [-0.39, 0.29) is 29.1 Å². The molecule has 0 radical (unpaired) electrons. The Labute approximate surface area is 207 Å². The number of benzene rings is 2. The summed E-state index contributed by atoms with van der Waals surface area (Å²) < 4.78 is 10.4. The van der Waals surface area contributed by atoms with Gasteiger partial charge in [0.2, 0.25) is 5.91 Å². The van der Waals surface area contributed by atoms with Crippen molar-refractivity contribution in [2.75, 3.05) is 20.8 Å². The number of hydrogen-bond acceptors (Lipinski definition) is 7. The number of hydroxylamine groups is 1. The van der Waals surface area contributed by atoms with Gasteiger partial charge in [0.1, 0.15) is 22.9 Å². The molecule has 0 aliphatic carbocycles. The second-order valence-electron chi connectivity index (χ2n) is 7.91. The molecule has 0 aliphatic heterocycles. The van der Waals surface area contributed by atoms with Crippen molar-refractivity contribution >= 4 is 17.5 Å². The fourth-order valence-electron chi connectivity index (χ4n) is 3.78. The SMILES string of the molecule is COc1ccc(-c2[nH]c(C(=O)NCCCCCC(=O)NO)c(-c3ccc(OC)cc3)c2[N+](=O)[O-])cc1. The van der Waals surface area contributed by atoms with Crippen LogP contribution in [0.5, 0.6) is 11.5 Å². The minimum Gasteiger partial charge on any atom is -0.497 e. The fraction of sp³-hybridized carbons (Fsp3) is 0.280. The van der Waals surface area contributed by atoms with E-state index >= 15 is 0 Å². The molecule has 0 saturated heterocycles. The monoisotopic (exact) mass is 496 g/mol. The molecule has 190 valence electrons. The number of hydrogen-bond donors (Lipinski definition) is 4. The Kier molecular flexibility index (Phi) is 9.01. The van der Waals surface area contributed by atoms with E-state index in [1.807, 2.05) is 0 Å². The lowest BCUT2D eigenvalue weighted by molar-refractivity contribution is -0.383. The number of methoxy groups -OCH3 is 2. The average Bonchev–Trinajstić information content (AvgIpc) is 3.31. The zero-order chi connectivity index (χ0) is 26.1. The maximum absolute atomic E-state index is 13.2. The van der Waals surface area contributed by atoms with E-state index in [1.54, 1.807) is 54.0 Å². The number of carbonyl (C=O) groups is 2. The summed E-state index contributed by atoms with van der Waals surface area (Å²) in [4.78, 5) is 39.0. The molecular weight excluding hydrogens is 468 g/mol. The predicted molar refractivity (Wildman–Crippen MR) is 132 cm³/mol. The molecule has 0 bridgehead atoms. The Bertz CT molecular complexity index is 1200. The van der Waals surface area contributed by atoms with Crippen molar-refractivity contribution in [2.45, 2.75) is 25.7 Å². The quantitative estimate of drug-likeness (QED) is 0.127. The van der Waals surface area contributed by atoms with Crippen LogP contribution < -0.4 is 20.3 Å². The largest absolute Gasteiger partial charge is 0.497 e. The molecule has 11 heteroatoms. The molecule has 4 N–H and O–H groups in total. The first-order valence-corrected chi connectivity index (χ1v) is 11.3. The Hall–Kier alpha value is -4.38. The molecule has 2 amide bonds. The number of amides is 2. The van der Waals surface area contributed by atoms with Gasteiger partial charge in [-0.05, 0) is 54.8 Å². The highest BCUT2D eigenvalue weighted by Crippen LogP contribution is 2.42. The molecule has 0 spiro atoms. The van der Waals surface area contributed by atoms with Crippen LogP contribution in [0.4, 0.5) is 5.69 Å². The summed E-state index contributed by atoms with van der Waals surface area (Å²) in [5.74, 6) is 0.218. The second-order valence-corrected chi connectivity index (χ2v) is 7.91. The van der Waals surface area contributed by atoms with E-state index in [0.717, 1.165) is 0 Å². The standard InChI is InChI=1S/C25H28N4O7/c1-35-18-11-7-16(8-12-18)21-23(25(31)26-15-5-3-4-6-20(30)28-32)27-22(24(21)29(33)34)17-9-13-19(36-2)14-10-17/h7-14,27,32H,3-6,15H2,1-2H3,(H,26,31)(H,28,30). The number of nitrogens with zero attached hydrogens (tertiary/aromatic N) is 1. The average molecular weight is 497 g/mol. The Morgan fingerprint density at radius 2 is 1.53 bits per heavy atom. The maximum atomic E-state index is 13.2. The smallest absolute Gasteiger partial charge is 0.303 e. The van der Waals surface area contributed by atoms with Crippen LogP contribution in [-0.2, 0) is 4.79 Å². The maximum Gasteiger partial charge on any atom is 0.303 e. The minimum atomic E-state index is -0.501. The summed E-state index contributed by atoms with van der Waals surface area (Å²) >= 11 is 0. The molecule has 0 aliphatic rings. The number of carbonyl (C=O) groups excluding carboxylic acids is 2. The summed E-state index contributed by atoms with van der Waals surface area (Å²) in [7, 11) is 3.04. The molecule has 1 heterocycles. The number of rotatable bonds is 12. The van der Waals surface area contributed by atoms with Gasteiger partial charge in [0.25, 0.3) is 5.91 Å². The number of nitro groups is 1. The van der Waals surface area contributed by atoms with E-state index in [0.29, 0.717) is 48.4 Å². The third kappa shape index (κ3) is 6.19. The first-order valence-electron chi connectivity index (χ1n) is 11.3. The third-order valence-electron chi connectivity index (χ3n) is 5.63. The van der Waals surface area contributed by atoms with Crippen molar-refractivity contribution in [1.82, 2.24) is 15.8 Å². The summed E-state index contributed by atoms with van der Waals surface area (Å²) in [6.07, 6.45) is 1.98. The highest BCUT2D eigenvalue weighted by atomic mass is 16.6. The van der Waals surface area contributed by atoms with Crippen LogP contribution in [0.2, 0.25) is 0 Å². The van der Waals surface area contributed by atoms with Gasteiger partial charge in [-0.15, -0.1) is 0 Å². The van der Waals surface area contributed by atoms with Gasteiger partial charge in [-0.2, -0.15) is 0 Å². The number of H-pyrrole nitrogens is 1. The van der Waals surface area contributed by atoms with Gasteiger partial charge in [-0.25, -0.2) is 5.48 Å². The highest BCUT2D eigenvalue weighted by Gasteiger charge is 2.31. The molecular formula is C25H28N4O7. The molecule has 0 atom stereocenters. The lowest BCUT2D eigenvalue weighted by Gasteiger charge is -2.07. The number of nitrogens with one attached hydrogen (secondary N) is 3. The second kappa shape index (κ2) is 12.4. The van der Waals surface area contributed by atoms with Gasteiger partial charge in [0.05, 0.1) is 24.7 Å². The lowest BCUT2D eigenvalue weighted by Crippen LogP contribution is -2.25. The number of aromatic amines is 1. The van der Waals surface area contributed by atoms with E-state index in [9.17, 15) is 19.7 Å². The van der Waals surface area contributed by atoms with Crippen LogP contribution in [0.1, 0.15) is 36.2 Å². The van der Waals surface area contributed by atoms with Gasteiger partial charge in [-0.3, -0.25) is 24.9 Å². The molecule has 36 heavy (non-hydrogen) atoms. The van der Waals surface area contributed by atoms with Crippen LogP contribution in [0, 0.1) is 10.1 Å². The highest BCUT2D eigenvalue weighted by molar-refractivity contribution is 6.04. The number of ether oxygens (including phenoxy) is 2. The van der Waals surface area contributed by atoms with Crippen LogP contribution in [0.3, 0.4) is 0 Å². The van der Waals surface area contributed by atoms with Crippen molar-refractivity contribution < 1.29 is 29.2 Å². The Balaban J connectivity index is 1.94. The summed E-state index contributed by atoms with van der Waals surface area (Å²) in [6, 6.07) is 13.4. The van der Waals surface area contributed by atoms with Gasteiger partial charge >= 0.3 is 5.69 Å². The van der Waals surface area contributed by atoms with Crippen molar-refractivity contribution in [3.8, 4) is 33.9 Å². The molecule has 3 rings (SSSR count). The van der Waals surface area contributed by atoms with E-state index in [4.69, 9.17) is 14.7 Å². The Morgan fingerprint density at radius 1 is 0.944 bits per heavy atom. The summed E-state index contributed by atoms with van der Waals surface area (Å²) in [6.45, 7) is 0.312. The summed E-state index contributed by atoms with van der Waals surface area (Å²) in [5, 5.41) is 23.6. The van der Waals surface area contributed by atoms with E-state index < -0.39 is 16.7 Å². The predicted octanol–water partition coefficient (Wildman–Crippen LogP) is 4.07. The van der Waals surface area contributed by atoms with Crippen LogP contribution in [0.15, 0.2) is 48.5 Å². The molecule has 11 nitrogen and oxygen atoms in total. The number of aromatic nitrogens is 1. The van der Waals surface area contributed by atoms with Crippen molar-refractivity contribution in [3.05, 3.63) is 64.3 Å². The van der Waals surface area contributed by atoms with Crippen molar-refractivity contribution in [2.24, 2.45) is 0 Å².